The van der Waals surface area contributed by atoms with Crippen molar-refractivity contribution < 1.29 is 14.4 Å². The number of amides is 3. The van der Waals surface area contributed by atoms with Gasteiger partial charge in [-0.2, -0.15) is 0 Å². The van der Waals surface area contributed by atoms with Crippen LogP contribution < -0.4 is 15.5 Å². The molecule has 6 nitrogen and oxygen atoms in total. The van der Waals surface area contributed by atoms with Gasteiger partial charge in [-0.25, -0.2) is 0 Å². The van der Waals surface area contributed by atoms with Crippen molar-refractivity contribution in [3.05, 3.63) is 53.6 Å². The predicted molar refractivity (Wildman–Crippen MR) is 106 cm³/mol. The van der Waals surface area contributed by atoms with Crippen molar-refractivity contribution in [2.24, 2.45) is 5.92 Å². The molecule has 2 N–H and O–H groups in total. The highest BCUT2D eigenvalue weighted by molar-refractivity contribution is 6.04. The van der Waals surface area contributed by atoms with Gasteiger partial charge in [0.05, 0.1) is 5.92 Å². The number of anilines is 3. The topological polar surface area (TPSA) is 78.5 Å². The molecule has 0 bridgehead atoms. The Bertz CT molecular complexity index is 890. The highest BCUT2D eigenvalue weighted by atomic mass is 16.2. The second-order valence-corrected chi connectivity index (χ2v) is 6.94. The second kappa shape index (κ2) is 7.61. The Morgan fingerprint density at radius 2 is 1.63 bits per heavy atom. The lowest BCUT2D eigenvalue weighted by molar-refractivity contribution is -0.122. The van der Waals surface area contributed by atoms with Gasteiger partial charge in [0.2, 0.25) is 17.7 Å². The molecule has 1 aliphatic heterocycles. The summed E-state index contributed by atoms with van der Waals surface area (Å²) < 4.78 is 0. The average Bonchev–Trinajstić information content (AvgIpc) is 2.98. The quantitative estimate of drug-likeness (QED) is 0.873. The van der Waals surface area contributed by atoms with Crippen LogP contribution in [0.25, 0.3) is 0 Å². The van der Waals surface area contributed by atoms with Crippen molar-refractivity contribution in [3.63, 3.8) is 0 Å². The predicted octanol–water partition coefficient (Wildman–Crippen LogP) is 3.25. The number of carbonyl (C=O) groups is 3. The summed E-state index contributed by atoms with van der Waals surface area (Å²) >= 11 is 0. The molecule has 6 heteroatoms. The third kappa shape index (κ3) is 4.34. The summed E-state index contributed by atoms with van der Waals surface area (Å²) in [7, 11) is 0. The normalized spacial score (nSPS) is 16.3. The maximum Gasteiger partial charge on any atom is 0.229 e. The SMILES string of the molecule is CC(=O)Nc1ccc(NC(=O)[C@H]2CC(=O)N(c3ccc(C)cc3C)C2)cc1. The molecule has 1 atom stereocenters. The number of rotatable bonds is 4. The highest BCUT2D eigenvalue weighted by Crippen LogP contribution is 2.29. The van der Waals surface area contributed by atoms with Gasteiger partial charge in [-0.1, -0.05) is 17.7 Å². The fourth-order valence-corrected chi connectivity index (χ4v) is 3.31. The summed E-state index contributed by atoms with van der Waals surface area (Å²) in [6, 6.07) is 12.8. The number of aryl methyl sites for hydroxylation is 2. The summed E-state index contributed by atoms with van der Waals surface area (Å²) in [5.41, 5.74) is 4.32. The van der Waals surface area contributed by atoms with Crippen molar-refractivity contribution in [1.82, 2.24) is 0 Å². The minimum Gasteiger partial charge on any atom is -0.326 e. The number of carbonyl (C=O) groups excluding carboxylic acids is 3. The molecule has 1 fully saturated rings. The zero-order valence-electron chi connectivity index (χ0n) is 15.7. The largest absolute Gasteiger partial charge is 0.326 e. The zero-order chi connectivity index (χ0) is 19.6. The van der Waals surface area contributed by atoms with E-state index in [1.807, 2.05) is 32.0 Å². The number of nitrogens with zero attached hydrogens (tertiary/aromatic N) is 1. The van der Waals surface area contributed by atoms with Crippen LogP contribution in [-0.4, -0.2) is 24.3 Å². The van der Waals surface area contributed by atoms with Crippen LogP contribution in [-0.2, 0) is 14.4 Å². The standard InChI is InChI=1S/C21H23N3O3/c1-13-4-9-19(14(2)10-13)24-12-16(11-20(24)26)21(27)23-18-7-5-17(6-8-18)22-15(3)25/h4-10,16H,11-12H2,1-3H3,(H,22,25)(H,23,27)/t16-/m0/s1. The fraction of sp³-hybridized carbons (Fsp3) is 0.286. The van der Waals surface area contributed by atoms with Gasteiger partial charge in [0, 0.05) is 37.0 Å². The first kappa shape index (κ1) is 18.6. The van der Waals surface area contributed by atoms with E-state index >= 15 is 0 Å². The van der Waals surface area contributed by atoms with Crippen molar-refractivity contribution in [1.29, 1.82) is 0 Å². The molecule has 0 aromatic heterocycles. The number of nitrogens with one attached hydrogen (secondary N) is 2. The van der Waals surface area contributed by atoms with Gasteiger partial charge in [-0.15, -0.1) is 0 Å². The molecule has 0 aliphatic carbocycles. The first-order valence-electron chi connectivity index (χ1n) is 8.89. The van der Waals surface area contributed by atoms with E-state index in [0.29, 0.717) is 17.9 Å². The molecule has 1 saturated heterocycles. The summed E-state index contributed by atoms with van der Waals surface area (Å²) in [6.45, 7) is 5.79. The van der Waals surface area contributed by atoms with Crippen LogP contribution in [0.1, 0.15) is 24.5 Å². The Kier molecular flexibility index (Phi) is 5.26. The lowest BCUT2D eigenvalue weighted by Gasteiger charge is -2.19. The van der Waals surface area contributed by atoms with Crippen molar-refractivity contribution in [3.8, 4) is 0 Å². The number of hydrogen-bond donors (Lipinski definition) is 2. The van der Waals surface area contributed by atoms with E-state index in [-0.39, 0.29) is 24.1 Å². The molecule has 140 valence electrons. The van der Waals surface area contributed by atoms with Crippen LogP contribution >= 0.6 is 0 Å². The van der Waals surface area contributed by atoms with Crippen molar-refractivity contribution >= 4 is 34.8 Å². The minimum atomic E-state index is -0.395. The summed E-state index contributed by atoms with van der Waals surface area (Å²) in [4.78, 5) is 37.8. The van der Waals surface area contributed by atoms with Crippen LogP contribution in [0.3, 0.4) is 0 Å². The second-order valence-electron chi connectivity index (χ2n) is 6.94. The lowest BCUT2D eigenvalue weighted by atomic mass is 10.1. The Labute approximate surface area is 158 Å². The van der Waals surface area contributed by atoms with Crippen LogP contribution in [0.4, 0.5) is 17.1 Å². The highest BCUT2D eigenvalue weighted by Gasteiger charge is 2.35. The van der Waals surface area contributed by atoms with Crippen LogP contribution in [0, 0.1) is 19.8 Å². The number of hydrogen-bond acceptors (Lipinski definition) is 3. The van der Waals surface area contributed by atoms with Gasteiger partial charge in [-0.05, 0) is 49.7 Å². The van der Waals surface area contributed by atoms with Gasteiger partial charge in [0.1, 0.15) is 0 Å². The van der Waals surface area contributed by atoms with E-state index in [0.717, 1.165) is 16.8 Å². The number of benzene rings is 2. The summed E-state index contributed by atoms with van der Waals surface area (Å²) in [5, 5.41) is 5.53. The average molecular weight is 365 g/mol. The first-order valence-corrected chi connectivity index (χ1v) is 8.89. The Hall–Kier alpha value is -3.15. The maximum absolute atomic E-state index is 12.6. The summed E-state index contributed by atoms with van der Waals surface area (Å²) in [6.07, 6.45) is 0.198. The molecule has 3 rings (SSSR count). The third-order valence-corrected chi connectivity index (χ3v) is 4.61. The van der Waals surface area contributed by atoms with Crippen molar-refractivity contribution in [2.75, 3.05) is 22.1 Å². The molecule has 0 spiro atoms. The van der Waals surface area contributed by atoms with E-state index in [1.165, 1.54) is 6.92 Å². The Morgan fingerprint density at radius 3 is 2.22 bits per heavy atom. The smallest absolute Gasteiger partial charge is 0.229 e. The van der Waals surface area contributed by atoms with Crippen LogP contribution in [0.2, 0.25) is 0 Å². The lowest BCUT2D eigenvalue weighted by Crippen LogP contribution is -2.28. The van der Waals surface area contributed by atoms with Crippen LogP contribution in [0.15, 0.2) is 42.5 Å². The molecule has 2 aromatic carbocycles. The van der Waals surface area contributed by atoms with Gasteiger partial charge >= 0.3 is 0 Å². The van der Waals surface area contributed by atoms with Crippen LogP contribution in [0.5, 0.6) is 0 Å². The van der Waals surface area contributed by atoms with E-state index in [2.05, 4.69) is 10.6 Å². The first-order chi connectivity index (χ1) is 12.8. The zero-order valence-corrected chi connectivity index (χ0v) is 15.7. The molecule has 0 unspecified atom stereocenters. The van der Waals surface area contributed by atoms with E-state index in [4.69, 9.17) is 0 Å². The molecular formula is C21H23N3O3. The molecule has 3 amide bonds. The molecule has 1 heterocycles. The fourth-order valence-electron chi connectivity index (χ4n) is 3.31. The maximum atomic E-state index is 12.6. The molecular weight excluding hydrogens is 342 g/mol. The van der Waals surface area contributed by atoms with Gasteiger partial charge in [0.25, 0.3) is 0 Å². The summed E-state index contributed by atoms with van der Waals surface area (Å²) in [5.74, 6) is -0.762. The van der Waals surface area contributed by atoms with Gasteiger partial charge in [-0.3, -0.25) is 14.4 Å². The van der Waals surface area contributed by atoms with E-state index in [1.54, 1.807) is 29.2 Å². The minimum absolute atomic E-state index is 0.0388. The van der Waals surface area contributed by atoms with Gasteiger partial charge < -0.3 is 15.5 Å². The molecule has 0 radical (unpaired) electrons. The van der Waals surface area contributed by atoms with Crippen molar-refractivity contribution in [2.45, 2.75) is 27.2 Å². The molecule has 27 heavy (non-hydrogen) atoms. The van der Waals surface area contributed by atoms with Gasteiger partial charge in [0.15, 0.2) is 0 Å². The Balaban J connectivity index is 1.66. The molecule has 2 aromatic rings. The molecule has 0 saturated carbocycles. The monoisotopic (exact) mass is 365 g/mol. The van der Waals surface area contributed by atoms with E-state index in [9.17, 15) is 14.4 Å². The Morgan fingerprint density at radius 1 is 1.00 bits per heavy atom. The van der Waals surface area contributed by atoms with E-state index < -0.39 is 5.92 Å². The third-order valence-electron chi connectivity index (χ3n) is 4.61. The molecule has 1 aliphatic rings.